The molecule has 22 heavy (non-hydrogen) atoms. The van der Waals surface area contributed by atoms with Crippen LogP contribution in [0, 0.1) is 0 Å². The second kappa shape index (κ2) is 6.45. The lowest BCUT2D eigenvalue weighted by atomic mass is 9.96. The third-order valence-corrected chi connectivity index (χ3v) is 4.56. The van der Waals surface area contributed by atoms with Crippen LogP contribution in [0.5, 0.6) is 0 Å². The summed E-state index contributed by atoms with van der Waals surface area (Å²) >= 11 is 0. The Balaban J connectivity index is 1.71. The standard InChI is InChI=1S/C20H23NO/c1-3-16-9-17-10-19(11-18(17)12-20(16)14(2)22)21-13-15-7-5-4-6-8-15/h4-9,12,19,21H,3,10-11,13H2,1-2H3. The van der Waals surface area contributed by atoms with Crippen molar-refractivity contribution in [3.63, 3.8) is 0 Å². The van der Waals surface area contributed by atoms with Gasteiger partial charge in [-0.15, -0.1) is 0 Å². The average Bonchev–Trinajstić information content (AvgIpc) is 2.94. The van der Waals surface area contributed by atoms with E-state index in [1.54, 1.807) is 6.92 Å². The summed E-state index contributed by atoms with van der Waals surface area (Å²) in [5.41, 5.74) is 6.16. The molecule has 2 aromatic carbocycles. The predicted molar refractivity (Wildman–Crippen MR) is 90.3 cm³/mol. The average molecular weight is 293 g/mol. The van der Waals surface area contributed by atoms with Crippen molar-refractivity contribution in [3.05, 3.63) is 70.3 Å². The highest BCUT2D eigenvalue weighted by Gasteiger charge is 2.23. The van der Waals surface area contributed by atoms with Crippen LogP contribution in [0.4, 0.5) is 0 Å². The Morgan fingerprint density at radius 1 is 1.14 bits per heavy atom. The Labute approximate surface area is 132 Å². The number of ketones is 1. The van der Waals surface area contributed by atoms with Gasteiger partial charge in [-0.2, -0.15) is 0 Å². The second-order valence-electron chi connectivity index (χ2n) is 6.16. The number of carbonyl (C=O) groups excluding carboxylic acids is 1. The summed E-state index contributed by atoms with van der Waals surface area (Å²) < 4.78 is 0. The summed E-state index contributed by atoms with van der Waals surface area (Å²) in [6.45, 7) is 4.69. The maximum atomic E-state index is 11.8. The summed E-state index contributed by atoms with van der Waals surface area (Å²) in [6.07, 6.45) is 3.00. The summed E-state index contributed by atoms with van der Waals surface area (Å²) in [5.74, 6) is 0.181. The first kappa shape index (κ1) is 15.0. The number of hydrogen-bond donors (Lipinski definition) is 1. The van der Waals surface area contributed by atoms with Crippen LogP contribution in [-0.2, 0) is 25.8 Å². The van der Waals surface area contributed by atoms with Crippen LogP contribution >= 0.6 is 0 Å². The number of rotatable bonds is 5. The van der Waals surface area contributed by atoms with Crippen molar-refractivity contribution in [3.8, 4) is 0 Å². The topological polar surface area (TPSA) is 29.1 Å². The zero-order chi connectivity index (χ0) is 15.5. The number of nitrogens with one attached hydrogen (secondary N) is 1. The minimum absolute atomic E-state index is 0.181. The van der Waals surface area contributed by atoms with Gasteiger partial charge in [-0.05, 0) is 54.5 Å². The van der Waals surface area contributed by atoms with Crippen LogP contribution in [-0.4, -0.2) is 11.8 Å². The number of benzene rings is 2. The fraction of sp³-hybridized carbons (Fsp3) is 0.350. The summed E-state index contributed by atoms with van der Waals surface area (Å²) in [5, 5.41) is 3.65. The fourth-order valence-corrected chi connectivity index (χ4v) is 3.35. The van der Waals surface area contributed by atoms with Gasteiger partial charge < -0.3 is 5.32 Å². The van der Waals surface area contributed by atoms with Crippen LogP contribution in [0.15, 0.2) is 42.5 Å². The lowest BCUT2D eigenvalue weighted by Gasteiger charge is -2.11. The van der Waals surface area contributed by atoms with E-state index in [0.717, 1.165) is 31.4 Å². The number of hydrogen-bond acceptors (Lipinski definition) is 2. The van der Waals surface area contributed by atoms with Gasteiger partial charge in [-0.25, -0.2) is 0 Å². The molecule has 0 fully saturated rings. The molecule has 3 rings (SSSR count). The molecular formula is C20H23NO. The van der Waals surface area contributed by atoms with Gasteiger partial charge in [0.25, 0.3) is 0 Å². The molecule has 0 bridgehead atoms. The molecule has 0 saturated heterocycles. The first-order valence-electron chi connectivity index (χ1n) is 8.10. The van der Waals surface area contributed by atoms with Gasteiger partial charge in [0.15, 0.2) is 5.78 Å². The third kappa shape index (κ3) is 3.12. The van der Waals surface area contributed by atoms with E-state index in [1.165, 1.54) is 22.3 Å². The molecule has 0 saturated carbocycles. The molecule has 1 atom stereocenters. The van der Waals surface area contributed by atoms with E-state index in [0.29, 0.717) is 6.04 Å². The largest absolute Gasteiger partial charge is 0.309 e. The highest BCUT2D eigenvalue weighted by Crippen LogP contribution is 2.27. The molecule has 0 aromatic heterocycles. The highest BCUT2D eigenvalue weighted by molar-refractivity contribution is 5.96. The predicted octanol–water partition coefficient (Wildman–Crippen LogP) is 3.71. The smallest absolute Gasteiger partial charge is 0.160 e. The lowest BCUT2D eigenvalue weighted by molar-refractivity contribution is 0.101. The zero-order valence-corrected chi connectivity index (χ0v) is 13.4. The molecule has 114 valence electrons. The summed E-state index contributed by atoms with van der Waals surface area (Å²) in [6, 6.07) is 15.3. The molecule has 0 aliphatic heterocycles. The van der Waals surface area contributed by atoms with E-state index in [-0.39, 0.29) is 5.78 Å². The Hall–Kier alpha value is -1.93. The van der Waals surface area contributed by atoms with Gasteiger partial charge in [-0.3, -0.25) is 4.79 Å². The molecule has 1 unspecified atom stereocenters. The quantitative estimate of drug-likeness (QED) is 0.852. The van der Waals surface area contributed by atoms with Crippen LogP contribution in [0.2, 0.25) is 0 Å². The minimum Gasteiger partial charge on any atom is -0.309 e. The Bertz CT molecular complexity index is 676. The van der Waals surface area contributed by atoms with Crippen molar-refractivity contribution in [1.29, 1.82) is 0 Å². The molecule has 0 heterocycles. The Kier molecular flexibility index (Phi) is 4.39. The minimum atomic E-state index is 0.181. The van der Waals surface area contributed by atoms with Crippen molar-refractivity contribution in [2.75, 3.05) is 0 Å². The number of aryl methyl sites for hydroxylation is 1. The molecule has 0 radical (unpaired) electrons. The number of fused-ring (bicyclic) bond motifs is 1. The van der Waals surface area contributed by atoms with Crippen LogP contribution in [0.25, 0.3) is 0 Å². The van der Waals surface area contributed by atoms with Gasteiger partial charge in [0.1, 0.15) is 0 Å². The van der Waals surface area contributed by atoms with Crippen LogP contribution < -0.4 is 5.32 Å². The SMILES string of the molecule is CCc1cc2c(cc1C(C)=O)CC(NCc1ccccc1)C2. The normalized spacial score (nSPS) is 16.5. The van der Waals surface area contributed by atoms with E-state index >= 15 is 0 Å². The van der Waals surface area contributed by atoms with E-state index in [2.05, 4.69) is 48.6 Å². The van der Waals surface area contributed by atoms with E-state index in [1.807, 2.05) is 6.07 Å². The Morgan fingerprint density at radius 3 is 2.45 bits per heavy atom. The van der Waals surface area contributed by atoms with Gasteiger partial charge in [0.05, 0.1) is 0 Å². The van der Waals surface area contributed by atoms with Crippen molar-refractivity contribution in [2.24, 2.45) is 0 Å². The Morgan fingerprint density at radius 2 is 1.82 bits per heavy atom. The molecule has 0 amide bonds. The van der Waals surface area contributed by atoms with E-state index in [9.17, 15) is 4.79 Å². The van der Waals surface area contributed by atoms with E-state index < -0.39 is 0 Å². The maximum Gasteiger partial charge on any atom is 0.160 e. The molecule has 2 heteroatoms. The molecule has 2 nitrogen and oxygen atoms in total. The maximum absolute atomic E-state index is 11.8. The number of Topliss-reactive ketones (excluding diaryl/α,β-unsaturated/α-hetero) is 1. The van der Waals surface area contributed by atoms with Crippen molar-refractivity contribution < 1.29 is 4.79 Å². The molecule has 2 aromatic rings. The molecule has 1 aliphatic rings. The fourth-order valence-electron chi connectivity index (χ4n) is 3.35. The molecule has 1 aliphatic carbocycles. The van der Waals surface area contributed by atoms with Crippen molar-refractivity contribution in [2.45, 2.75) is 45.7 Å². The first-order chi connectivity index (χ1) is 10.7. The van der Waals surface area contributed by atoms with Crippen LogP contribution in [0.3, 0.4) is 0 Å². The molecule has 1 N–H and O–H groups in total. The van der Waals surface area contributed by atoms with E-state index in [4.69, 9.17) is 0 Å². The van der Waals surface area contributed by atoms with Gasteiger partial charge >= 0.3 is 0 Å². The zero-order valence-electron chi connectivity index (χ0n) is 13.4. The summed E-state index contributed by atoms with van der Waals surface area (Å²) in [7, 11) is 0. The van der Waals surface area contributed by atoms with Crippen molar-refractivity contribution in [1.82, 2.24) is 5.32 Å². The lowest BCUT2D eigenvalue weighted by Crippen LogP contribution is -2.28. The van der Waals surface area contributed by atoms with Gasteiger partial charge in [0, 0.05) is 18.2 Å². The molecular weight excluding hydrogens is 270 g/mol. The monoisotopic (exact) mass is 293 g/mol. The second-order valence-corrected chi connectivity index (χ2v) is 6.16. The number of carbonyl (C=O) groups is 1. The highest BCUT2D eigenvalue weighted by atomic mass is 16.1. The van der Waals surface area contributed by atoms with Crippen LogP contribution in [0.1, 0.15) is 46.5 Å². The molecule has 0 spiro atoms. The van der Waals surface area contributed by atoms with Gasteiger partial charge in [0.2, 0.25) is 0 Å². The third-order valence-electron chi connectivity index (χ3n) is 4.56. The van der Waals surface area contributed by atoms with Crippen molar-refractivity contribution >= 4 is 5.78 Å². The summed E-state index contributed by atoms with van der Waals surface area (Å²) in [4.78, 5) is 11.8. The van der Waals surface area contributed by atoms with Gasteiger partial charge in [-0.1, -0.05) is 43.3 Å². The first-order valence-corrected chi connectivity index (χ1v) is 8.10.